The minimum Gasteiger partial charge on any atom is -0.479 e. The fourth-order valence-corrected chi connectivity index (χ4v) is 3.30. The second kappa shape index (κ2) is 8.51. The second-order valence-corrected chi connectivity index (χ2v) is 6.96. The molecule has 2 aromatic heterocycles. The highest BCUT2D eigenvalue weighted by Crippen LogP contribution is 2.25. The second-order valence-electron chi connectivity index (χ2n) is 6.96. The van der Waals surface area contributed by atoms with Crippen molar-refractivity contribution in [3.05, 3.63) is 71.4 Å². The Balaban J connectivity index is 1.54. The van der Waals surface area contributed by atoms with Crippen molar-refractivity contribution in [2.45, 2.75) is 32.8 Å². The maximum atomic E-state index is 11.3. The molecule has 0 radical (unpaired) electrons. The van der Waals surface area contributed by atoms with Crippen molar-refractivity contribution in [2.75, 3.05) is 6.61 Å². The number of rotatable bonds is 8. The molecule has 2 aromatic carbocycles. The summed E-state index contributed by atoms with van der Waals surface area (Å²) in [6, 6.07) is 15.2. The minimum atomic E-state index is -0.978. The van der Waals surface area contributed by atoms with Crippen LogP contribution in [0.4, 0.5) is 0 Å². The Labute approximate surface area is 173 Å². The summed E-state index contributed by atoms with van der Waals surface area (Å²) in [7, 11) is 0. The summed E-state index contributed by atoms with van der Waals surface area (Å²) in [6.45, 7) is 3.99. The number of aromatic nitrogens is 2. The van der Waals surface area contributed by atoms with Crippen LogP contribution in [0.5, 0.6) is 0 Å². The summed E-state index contributed by atoms with van der Waals surface area (Å²) >= 11 is 0. The third-order valence-electron chi connectivity index (χ3n) is 4.79. The van der Waals surface area contributed by atoms with E-state index in [4.69, 9.17) is 13.6 Å². The number of nitrogens with zero attached hydrogens (tertiary/aromatic N) is 2. The molecule has 0 fully saturated rings. The molecule has 0 saturated heterocycles. The normalized spacial score (nSPS) is 12.3. The monoisotopic (exact) mass is 406 g/mol. The van der Waals surface area contributed by atoms with Crippen LogP contribution in [-0.2, 0) is 22.4 Å². The molecule has 0 aliphatic rings. The van der Waals surface area contributed by atoms with Crippen LogP contribution in [0.1, 0.15) is 29.8 Å². The number of oxazole rings is 2. The predicted molar refractivity (Wildman–Crippen MR) is 110 cm³/mol. The lowest BCUT2D eigenvalue weighted by Crippen LogP contribution is -2.26. The highest BCUT2D eigenvalue weighted by atomic mass is 16.5. The summed E-state index contributed by atoms with van der Waals surface area (Å²) in [4.78, 5) is 20.5. The molecule has 30 heavy (non-hydrogen) atoms. The van der Waals surface area contributed by atoms with Gasteiger partial charge >= 0.3 is 5.97 Å². The van der Waals surface area contributed by atoms with Crippen molar-refractivity contribution in [1.82, 2.24) is 9.97 Å². The first-order valence-corrected chi connectivity index (χ1v) is 9.78. The SMILES string of the molecule is CCOC(Cc1ccc2oc(Cc3nc(-c4ccccc4)oc3C)nc2c1)C(=O)O. The Hall–Kier alpha value is -3.45. The Morgan fingerprint density at radius 3 is 2.67 bits per heavy atom. The van der Waals surface area contributed by atoms with E-state index in [9.17, 15) is 9.90 Å². The molecule has 4 aromatic rings. The molecular weight excluding hydrogens is 384 g/mol. The average molecular weight is 406 g/mol. The highest BCUT2D eigenvalue weighted by Gasteiger charge is 2.19. The Kier molecular flexibility index (Phi) is 5.63. The van der Waals surface area contributed by atoms with Crippen LogP contribution in [0, 0.1) is 6.92 Å². The molecule has 1 atom stereocenters. The topological polar surface area (TPSA) is 98.6 Å². The number of hydrogen-bond donors (Lipinski definition) is 1. The zero-order valence-corrected chi connectivity index (χ0v) is 16.8. The first kappa shape index (κ1) is 19.8. The first-order chi connectivity index (χ1) is 14.5. The van der Waals surface area contributed by atoms with Crippen molar-refractivity contribution < 1.29 is 23.5 Å². The first-order valence-electron chi connectivity index (χ1n) is 9.78. The van der Waals surface area contributed by atoms with E-state index in [-0.39, 0.29) is 6.42 Å². The lowest BCUT2D eigenvalue weighted by atomic mass is 10.1. The third kappa shape index (κ3) is 4.26. The van der Waals surface area contributed by atoms with Gasteiger partial charge in [0.2, 0.25) is 11.8 Å². The smallest absolute Gasteiger partial charge is 0.333 e. The predicted octanol–water partition coefficient (Wildman–Crippen LogP) is 4.41. The van der Waals surface area contributed by atoms with Crippen molar-refractivity contribution in [3.8, 4) is 11.5 Å². The maximum Gasteiger partial charge on any atom is 0.333 e. The van der Waals surface area contributed by atoms with Crippen LogP contribution in [0.2, 0.25) is 0 Å². The lowest BCUT2D eigenvalue weighted by Gasteiger charge is -2.11. The summed E-state index contributed by atoms with van der Waals surface area (Å²) in [5.74, 6) is 0.834. The molecule has 1 unspecified atom stereocenters. The van der Waals surface area contributed by atoms with Crippen molar-refractivity contribution in [2.24, 2.45) is 0 Å². The number of carboxylic acid groups (broad SMARTS) is 1. The molecule has 1 N–H and O–H groups in total. The number of ether oxygens (including phenoxy) is 1. The number of hydrogen-bond acceptors (Lipinski definition) is 6. The van der Waals surface area contributed by atoms with Crippen LogP contribution >= 0.6 is 0 Å². The summed E-state index contributed by atoms with van der Waals surface area (Å²) in [5.41, 5.74) is 3.82. The number of fused-ring (bicyclic) bond motifs is 1. The van der Waals surface area contributed by atoms with Gasteiger partial charge in [-0.05, 0) is 43.7 Å². The van der Waals surface area contributed by atoms with Gasteiger partial charge in [0.1, 0.15) is 11.3 Å². The number of carbonyl (C=O) groups is 1. The lowest BCUT2D eigenvalue weighted by molar-refractivity contribution is -0.149. The van der Waals surface area contributed by atoms with Gasteiger partial charge in [-0.2, -0.15) is 0 Å². The minimum absolute atomic E-state index is 0.268. The molecule has 7 nitrogen and oxygen atoms in total. The largest absolute Gasteiger partial charge is 0.479 e. The van der Waals surface area contributed by atoms with E-state index in [0.29, 0.717) is 35.9 Å². The number of aryl methyl sites for hydroxylation is 1. The van der Waals surface area contributed by atoms with Crippen LogP contribution in [0.15, 0.2) is 57.4 Å². The van der Waals surface area contributed by atoms with E-state index in [0.717, 1.165) is 22.6 Å². The quantitative estimate of drug-likeness (QED) is 0.463. The molecule has 0 spiro atoms. The van der Waals surface area contributed by atoms with Crippen LogP contribution in [-0.4, -0.2) is 33.8 Å². The molecule has 0 aliphatic carbocycles. The fourth-order valence-electron chi connectivity index (χ4n) is 3.30. The number of benzene rings is 2. The van der Waals surface area contributed by atoms with E-state index in [1.54, 1.807) is 13.0 Å². The molecule has 0 amide bonds. The molecule has 154 valence electrons. The molecule has 0 bridgehead atoms. The van der Waals surface area contributed by atoms with E-state index in [2.05, 4.69) is 9.97 Å². The molecule has 0 saturated carbocycles. The van der Waals surface area contributed by atoms with Gasteiger partial charge in [0.15, 0.2) is 11.7 Å². The average Bonchev–Trinajstić information content (AvgIpc) is 3.31. The van der Waals surface area contributed by atoms with Crippen LogP contribution < -0.4 is 0 Å². The molecule has 7 heteroatoms. The summed E-state index contributed by atoms with van der Waals surface area (Å²) < 4.78 is 17.0. The molecule has 0 aliphatic heterocycles. The van der Waals surface area contributed by atoms with Gasteiger partial charge in [-0.1, -0.05) is 24.3 Å². The number of aliphatic carboxylic acids is 1. The van der Waals surface area contributed by atoms with Crippen molar-refractivity contribution >= 4 is 17.1 Å². The van der Waals surface area contributed by atoms with E-state index in [1.807, 2.05) is 49.4 Å². The van der Waals surface area contributed by atoms with E-state index >= 15 is 0 Å². The summed E-state index contributed by atoms with van der Waals surface area (Å²) in [6.07, 6.45) is -0.208. The number of carboxylic acids is 1. The van der Waals surface area contributed by atoms with Crippen LogP contribution in [0.25, 0.3) is 22.6 Å². The molecule has 4 rings (SSSR count). The van der Waals surface area contributed by atoms with Crippen molar-refractivity contribution in [3.63, 3.8) is 0 Å². The Morgan fingerprint density at radius 1 is 1.13 bits per heavy atom. The van der Waals surface area contributed by atoms with Gasteiger partial charge in [-0.3, -0.25) is 0 Å². The van der Waals surface area contributed by atoms with Crippen molar-refractivity contribution in [1.29, 1.82) is 0 Å². The third-order valence-corrected chi connectivity index (χ3v) is 4.79. The molecule has 2 heterocycles. The Morgan fingerprint density at radius 2 is 1.93 bits per heavy atom. The van der Waals surface area contributed by atoms with E-state index in [1.165, 1.54) is 0 Å². The maximum absolute atomic E-state index is 11.3. The van der Waals surface area contributed by atoms with Crippen LogP contribution in [0.3, 0.4) is 0 Å². The molecular formula is C23H22N2O5. The van der Waals surface area contributed by atoms with E-state index < -0.39 is 12.1 Å². The van der Waals surface area contributed by atoms with Gasteiger partial charge in [0.25, 0.3) is 0 Å². The van der Waals surface area contributed by atoms with Gasteiger partial charge in [-0.25, -0.2) is 14.8 Å². The van der Waals surface area contributed by atoms with Gasteiger partial charge in [0.05, 0.1) is 12.1 Å². The Bertz CT molecular complexity index is 1160. The van der Waals surface area contributed by atoms with Gasteiger partial charge in [0, 0.05) is 18.6 Å². The highest BCUT2D eigenvalue weighted by molar-refractivity contribution is 5.75. The van der Waals surface area contributed by atoms with Gasteiger partial charge < -0.3 is 18.7 Å². The van der Waals surface area contributed by atoms with Gasteiger partial charge in [-0.15, -0.1) is 0 Å². The zero-order chi connectivity index (χ0) is 21.1. The summed E-state index contributed by atoms with van der Waals surface area (Å²) in [5, 5.41) is 9.28. The zero-order valence-electron chi connectivity index (χ0n) is 16.8. The fraction of sp³-hybridized carbons (Fsp3) is 0.261. The standard InChI is InChI=1S/C23H22N2O5/c1-3-28-20(23(26)27)12-15-9-10-19-18(11-15)24-21(30-19)13-17-14(2)29-22(25-17)16-7-5-4-6-8-16/h4-11,20H,3,12-13H2,1-2H3,(H,26,27).